The number of cyclic esters (lactones) is 1. The summed E-state index contributed by atoms with van der Waals surface area (Å²) < 4.78 is 5.35. The molecule has 3 rings (SSSR count). The summed E-state index contributed by atoms with van der Waals surface area (Å²) in [5, 5.41) is 4.00. The van der Waals surface area contributed by atoms with E-state index in [1.165, 1.54) is 0 Å². The normalized spacial score (nSPS) is 27.7. The molecule has 1 aromatic rings. The van der Waals surface area contributed by atoms with Gasteiger partial charge in [-0.25, -0.2) is 4.79 Å². The van der Waals surface area contributed by atoms with Crippen molar-refractivity contribution in [3.63, 3.8) is 0 Å². The van der Waals surface area contributed by atoms with Gasteiger partial charge in [-0.05, 0) is 57.0 Å². The minimum Gasteiger partial charge on any atom is -0.447 e. The maximum absolute atomic E-state index is 12.2. The summed E-state index contributed by atoms with van der Waals surface area (Å²) in [6, 6.07) is 7.42. The van der Waals surface area contributed by atoms with Gasteiger partial charge in [0.15, 0.2) is 0 Å². The van der Waals surface area contributed by atoms with E-state index in [1.807, 2.05) is 24.3 Å². The lowest BCUT2D eigenvalue weighted by atomic mass is 9.79. The van der Waals surface area contributed by atoms with Gasteiger partial charge in [-0.15, -0.1) is 0 Å². The van der Waals surface area contributed by atoms with E-state index >= 15 is 0 Å². The maximum Gasteiger partial charge on any atom is 0.415 e. The molecule has 0 bridgehead atoms. The molecule has 108 valence electrons. The van der Waals surface area contributed by atoms with Crippen molar-refractivity contribution in [3.8, 4) is 0 Å². The van der Waals surface area contributed by atoms with Crippen LogP contribution in [-0.2, 0) is 4.74 Å². The van der Waals surface area contributed by atoms with E-state index in [1.54, 1.807) is 4.90 Å². The second-order valence-electron chi connectivity index (χ2n) is 5.75. The highest BCUT2D eigenvalue weighted by Gasteiger charge is 2.49. The Labute approximate surface area is 124 Å². The topological polar surface area (TPSA) is 41.6 Å². The summed E-state index contributed by atoms with van der Waals surface area (Å²) in [6.07, 6.45) is 1.85. The van der Waals surface area contributed by atoms with Gasteiger partial charge < -0.3 is 10.1 Å². The van der Waals surface area contributed by atoms with E-state index in [-0.39, 0.29) is 11.6 Å². The zero-order valence-corrected chi connectivity index (χ0v) is 12.3. The number of halogens is 1. The predicted octanol–water partition coefficient (Wildman–Crippen LogP) is 3.05. The second-order valence-corrected chi connectivity index (χ2v) is 6.19. The lowest BCUT2D eigenvalue weighted by Crippen LogP contribution is -2.53. The molecule has 5 heteroatoms. The number of amides is 1. The maximum atomic E-state index is 12.2. The molecule has 0 saturated carbocycles. The van der Waals surface area contributed by atoms with Crippen LogP contribution >= 0.6 is 11.6 Å². The van der Waals surface area contributed by atoms with E-state index in [0.717, 1.165) is 31.6 Å². The fourth-order valence-electron chi connectivity index (χ4n) is 3.31. The zero-order valence-electron chi connectivity index (χ0n) is 11.6. The molecule has 2 saturated heterocycles. The molecule has 0 aliphatic carbocycles. The Morgan fingerprint density at radius 2 is 2.15 bits per heavy atom. The number of hydrogen-bond acceptors (Lipinski definition) is 3. The third-order valence-corrected chi connectivity index (χ3v) is 4.70. The average Bonchev–Trinajstić information content (AvgIpc) is 2.77. The summed E-state index contributed by atoms with van der Waals surface area (Å²) in [5.41, 5.74) is 0.533. The molecule has 2 aliphatic rings. The third-order valence-electron chi connectivity index (χ3n) is 4.47. The van der Waals surface area contributed by atoms with Crippen LogP contribution in [0.5, 0.6) is 0 Å². The molecule has 2 heterocycles. The molecule has 0 aromatic heterocycles. The summed E-state index contributed by atoms with van der Waals surface area (Å²) in [7, 11) is 0. The fraction of sp³-hybridized carbons (Fsp3) is 0.533. The van der Waals surface area contributed by atoms with Crippen molar-refractivity contribution >= 4 is 23.4 Å². The quantitative estimate of drug-likeness (QED) is 0.911. The largest absolute Gasteiger partial charge is 0.447 e. The molecule has 4 nitrogen and oxygen atoms in total. The molecule has 1 amide bonds. The average molecular weight is 295 g/mol. The molecule has 0 radical (unpaired) electrons. The number of piperidine rings is 1. The zero-order chi connectivity index (χ0) is 14.2. The molecule has 2 fully saturated rings. The van der Waals surface area contributed by atoms with Gasteiger partial charge in [0.05, 0.1) is 5.54 Å². The van der Waals surface area contributed by atoms with Crippen LogP contribution in [0.4, 0.5) is 10.5 Å². The van der Waals surface area contributed by atoms with Crippen molar-refractivity contribution in [1.82, 2.24) is 5.32 Å². The molecular formula is C15H19ClN2O2. The Bertz CT molecular complexity index is 516. The van der Waals surface area contributed by atoms with Crippen molar-refractivity contribution in [2.45, 2.75) is 25.3 Å². The Morgan fingerprint density at radius 1 is 1.40 bits per heavy atom. The number of carbonyl (C=O) groups is 1. The molecule has 1 N–H and O–H groups in total. The van der Waals surface area contributed by atoms with Gasteiger partial charge in [0.1, 0.15) is 6.61 Å². The Hall–Kier alpha value is -1.26. The fourth-order valence-corrected chi connectivity index (χ4v) is 3.49. The van der Waals surface area contributed by atoms with Gasteiger partial charge >= 0.3 is 6.09 Å². The monoisotopic (exact) mass is 294 g/mol. The number of benzene rings is 1. The number of nitrogens with one attached hydrogen (secondary N) is 1. The van der Waals surface area contributed by atoms with Gasteiger partial charge in [-0.2, -0.15) is 0 Å². The first-order chi connectivity index (χ1) is 9.61. The molecular weight excluding hydrogens is 276 g/mol. The van der Waals surface area contributed by atoms with E-state index < -0.39 is 0 Å². The van der Waals surface area contributed by atoms with Crippen molar-refractivity contribution in [2.24, 2.45) is 5.92 Å². The van der Waals surface area contributed by atoms with E-state index in [0.29, 0.717) is 17.5 Å². The first-order valence-corrected chi connectivity index (χ1v) is 7.42. The summed E-state index contributed by atoms with van der Waals surface area (Å²) >= 11 is 6.06. The third kappa shape index (κ3) is 2.27. The Morgan fingerprint density at radius 3 is 2.85 bits per heavy atom. The van der Waals surface area contributed by atoms with E-state index in [4.69, 9.17) is 16.3 Å². The van der Waals surface area contributed by atoms with Gasteiger partial charge in [0.25, 0.3) is 0 Å². The first kappa shape index (κ1) is 13.7. The van der Waals surface area contributed by atoms with Crippen molar-refractivity contribution < 1.29 is 9.53 Å². The standard InChI is InChI=1S/C15H19ClN2O2/c1-15(11-5-7-17-8-6-11)10-20-14(19)18(15)13-4-2-3-12(16)9-13/h2-4,9,11,17H,5-8,10H2,1H3. The number of hydrogen-bond donors (Lipinski definition) is 1. The van der Waals surface area contributed by atoms with Crippen LogP contribution in [0.15, 0.2) is 24.3 Å². The highest BCUT2D eigenvalue weighted by atomic mass is 35.5. The molecule has 1 unspecified atom stereocenters. The van der Waals surface area contributed by atoms with Crippen LogP contribution in [0.1, 0.15) is 19.8 Å². The predicted molar refractivity (Wildman–Crippen MR) is 79.3 cm³/mol. The minimum absolute atomic E-state index is 0.270. The first-order valence-electron chi connectivity index (χ1n) is 7.04. The number of nitrogens with zero attached hydrogens (tertiary/aromatic N) is 1. The van der Waals surface area contributed by atoms with Gasteiger partial charge in [-0.3, -0.25) is 4.90 Å². The highest BCUT2D eigenvalue weighted by molar-refractivity contribution is 6.30. The van der Waals surface area contributed by atoms with Crippen LogP contribution in [-0.4, -0.2) is 31.3 Å². The number of rotatable bonds is 2. The number of anilines is 1. The van der Waals surface area contributed by atoms with E-state index in [2.05, 4.69) is 12.2 Å². The van der Waals surface area contributed by atoms with Crippen LogP contribution in [0, 0.1) is 5.92 Å². The minimum atomic E-state index is -0.288. The smallest absolute Gasteiger partial charge is 0.415 e. The summed E-state index contributed by atoms with van der Waals surface area (Å²) in [5.74, 6) is 0.439. The SMILES string of the molecule is CC1(C2CCNCC2)COC(=O)N1c1cccc(Cl)c1. The van der Waals surface area contributed by atoms with Crippen LogP contribution in [0.3, 0.4) is 0 Å². The second kappa shape index (κ2) is 5.26. The highest BCUT2D eigenvalue weighted by Crippen LogP contribution is 2.40. The van der Waals surface area contributed by atoms with Gasteiger partial charge in [0, 0.05) is 10.7 Å². The van der Waals surface area contributed by atoms with Gasteiger partial charge in [0.2, 0.25) is 0 Å². The van der Waals surface area contributed by atoms with Crippen LogP contribution in [0.25, 0.3) is 0 Å². The molecule has 0 spiro atoms. The summed E-state index contributed by atoms with van der Waals surface area (Å²) in [6.45, 7) is 4.56. The van der Waals surface area contributed by atoms with Crippen LogP contribution < -0.4 is 10.2 Å². The Balaban J connectivity index is 1.95. The van der Waals surface area contributed by atoms with Gasteiger partial charge in [-0.1, -0.05) is 17.7 Å². The van der Waals surface area contributed by atoms with Crippen molar-refractivity contribution in [3.05, 3.63) is 29.3 Å². The van der Waals surface area contributed by atoms with Crippen LogP contribution in [0.2, 0.25) is 5.02 Å². The van der Waals surface area contributed by atoms with E-state index in [9.17, 15) is 4.79 Å². The lowest BCUT2D eigenvalue weighted by molar-refractivity contribution is 0.156. The lowest BCUT2D eigenvalue weighted by Gasteiger charge is -2.41. The summed E-state index contributed by atoms with van der Waals surface area (Å²) in [4.78, 5) is 14.0. The molecule has 1 aromatic carbocycles. The molecule has 2 aliphatic heterocycles. The number of carbonyl (C=O) groups excluding carboxylic acids is 1. The number of ether oxygens (including phenoxy) is 1. The van der Waals surface area contributed by atoms with Crippen molar-refractivity contribution in [1.29, 1.82) is 0 Å². The molecule has 1 atom stereocenters. The Kier molecular flexibility index (Phi) is 3.61. The molecule has 20 heavy (non-hydrogen) atoms. The van der Waals surface area contributed by atoms with Crippen molar-refractivity contribution in [2.75, 3.05) is 24.6 Å².